The molecule has 0 fully saturated rings. The molecule has 0 atom stereocenters. The van der Waals surface area contributed by atoms with Gasteiger partial charge in [-0.3, -0.25) is 0 Å². The Labute approximate surface area is 109 Å². The van der Waals surface area contributed by atoms with Crippen molar-refractivity contribution >= 4 is 0 Å². The summed E-state index contributed by atoms with van der Waals surface area (Å²) in [4.78, 5) is 0. The van der Waals surface area contributed by atoms with E-state index in [4.69, 9.17) is 0 Å². The highest BCUT2D eigenvalue weighted by Crippen LogP contribution is 2.30. The molecule has 90 valence electrons. The lowest BCUT2D eigenvalue weighted by Crippen LogP contribution is -2.13. The molecule has 0 aliphatic heterocycles. The van der Waals surface area contributed by atoms with Crippen molar-refractivity contribution in [1.29, 1.82) is 5.26 Å². The zero-order valence-corrected chi connectivity index (χ0v) is 11.1. The maximum absolute atomic E-state index is 9.19. The van der Waals surface area contributed by atoms with E-state index < -0.39 is 0 Å². The Hall–Kier alpha value is -2.07. The maximum atomic E-state index is 9.19. The van der Waals surface area contributed by atoms with Gasteiger partial charge in [0.2, 0.25) is 0 Å². The van der Waals surface area contributed by atoms with Gasteiger partial charge in [0.25, 0.3) is 0 Å². The Morgan fingerprint density at radius 3 is 2.11 bits per heavy atom. The average molecular weight is 235 g/mol. The second kappa shape index (κ2) is 4.66. The van der Waals surface area contributed by atoms with Crippen molar-refractivity contribution in [2.75, 3.05) is 0 Å². The highest BCUT2D eigenvalue weighted by Gasteiger charge is 2.18. The first-order chi connectivity index (χ1) is 8.52. The predicted octanol–water partition coefficient (Wildman–Crippen LogP) is 4.52. The molecule has 18 heavy (non-hydrogen) atoms. The van der Waals surface area contributed by atoms with E-state index in [0.29, 0.717) is 0 Å². The van der Waals surface area contributed by atoms with Gasteiger partial charge in [0.05, 0.1) is 11.6 Å². The predicted molar refractivity (Wildman–Crippen MR) is 75.3 cm³/mol. The molecule has 0 aliphatic rings. The van der Waals surface area contributed by atoms with Crippen LogP contribution in [-0.2, 0) is 5.41 Å². The summed E-state index contributed by atoms with van der Waals surface area (Å²) < 4.78 is 0. The van der Waals surface area contributed by atoms with Crippen LogP contribution in [0, 0.1) is 11.3 Å². The van der Waals surface area contributed by atoms with Crippen LogP contribution >= 0.6 is 0 Å². The van der Waals surface area contributed by atoms with Gasteiger partial charge in [-0.2, -0.15) is 5.26 Å². The van der Waals surface area contributed by atoms with Crippen LogP contribution in [0.3, 0.4) is 0 Å². The largest absolute Gasteiger partial charge is 0.192 e. The third-order valence-corrected chi connectivity index (χ3v) is 3.06. The molecule has 0 saturated heterocycles. The zero-order valence-electron chi connectivity index (χ0n) is 11.1. The average Bonchev–Trinajstić information content (AvgIpc) is 2.38. The van der Waals surface area contributed by atoms with Gasteiger partial charge in [0, 0.05) is 0 Å². The highest BCUT2D eigenvalue weighted by molar-refractivity contribution is 5.66. The van der Waals surface area contributed by atoms with Crippen LogP contribution < -0.4 is 0 Å². The number of nitrogens with zero attached hydrogens (tertiary/aromatic N) is 1. The van der Waals surface area contributed by atoms with Gasteiger partial charge in [-0.1, -0.05) is 57.2 Å². The smallest absolute Gasteiger partial charge is 0.0994 e. The summed E-state index contributed by atoms with van der Waals surface area (Å²) in [6.45, 7) is 6.41. The van der Waals surface area contributed by atoms with Gasteiger partial charge in [0.15, 0.2) is 0 Å². The van der Waals surface area contributed by atoms with Gasteiger partial charge in [0.1, 0.15) is 0 Å². The van der Waals surface area contributed by atoms with Crippen LogP contribution in [0.4, 0.5) is 0 Å². The Morgan fingerprint density at radius 2 is 1.56 bits per heavy atom. The molecule has 2 rings (SSSR count). The molecular weight excluding hydrogens is 218 g/mol. The van der Waals surface area contributed by atoms with Crippen molar-refractivity contribution in [3.63, 3.8) is 0 Å². The monoisotopic (exact) mass is 235 g/mol. The molecule has 0 saturated carbocycles. The molecule has 0 unspecified atom stereocenters. The van der Waals surface area contributed by atoms with E-state index in [1.165, 1.54) is 11.1 Å². The summed E-state index contributed by atoms with van der Waals surface area (Å²) in [5, 5.41) is 9.19. The van der Waals surface area contributed by atoms with E-state index in [1.54, 1.807) is 0 Å². The van der Waals surface area contributed by atoms with E-state index in [2.05, 4.69) is 45.0 Å². The van der Waals surface area contributed by atoms with Crippen molar-refractivity contribution < 1.29 is 0 Å². The minimum Gasteiger partial charge on any atom is -0.192 e. The number of nitriles is 1. The highest BCUT2D eigenvalue weighted by atomic mass is 14.3. The van der Waals surface area contributed by atoms with Gasteiger partial charge < -0.3 is 0 Å². The lowest BCUT2D eigenvalue weighted by molar-refractivity contribution is 0.589. The van der Waals surface area contributed by atoms with Gasteiger partial charge >= 0.3 is 0 Å². The minimum atomic E-state index is -0.0180. The second-order valence-electron chi connectivity index (χ2n) is 5.49. The standard InChI is InChI=1S/C17H17N/c1-17(2,3)16-11-14(9-10-15(16)12-18)13-7-5-4-6-8-13/h4-11H,1-3H3. The van der Waals surface area contributed by atoms with E-state index in [0.717, 1.165) is 11.1 Å². The molecule has 1 nitrogen and oxygen atoms in total. The molecule has 0 bridgehead atoms. The van der Waals surface area contributed by atoms with Crippen LogP contribution in [-0.4, -0.2) is 0 Å². The lowest BCUT2D eigenvalue weighted by atomic mass is 9.82. The zero-order chi connectivity index (χ0) is 13.2. The molecule has 0 N–H and O–H groups in total. The van der Waals surface area contributed by atoms with E-state index in [9.17, 15) is 5.26 Å². The van der Waals surface area contributed by atoms with E-state index >= 15 is 0 Å². The number of hydrogen-bond acceptors (Lipinski definition) is 1. The van der Waals surface area contributed by atoms with Crippen molar-refractivity contribution in [2.45, 2.75) is 26.2 Å². The molecule has 0 spiro atoms. The SMILES string of the molecule is CC(C)(C)c1cc(-c2ccccc2)ccc1C#N. The topological polar surface area (TPSA) is 23.8 Å². The molecule has 0 aromatic heterocycles. The summed E-state index contributed by atoms with van der Waals surface area (Å²) in [5.74, 6) is 0. The first-order valence-corrected chi connectivity index (χ1v) is 6.12. The minimum absolute atomic E-state index is 0.0180. The van der Waals surface area contributed by atoms with E-state index in [1.807, 2.05) is 30.3 Å². The summed E-state index contributed by atoms with van der Waals surface area (Å²) in [6, 6.07) is 18.6. The molecule has 1 heteroatoms. The molecule has 2 aromatic carbocycles. The summed E-state index contributed by atoms with van der Waals surface area (Å²) in [7, 11) is 0. The maximum Gasteiger partial charge on any atom is 0.0994 e. The van der Waals surface area contributed by atoms with Crippen molar-refractivity contribution in [3.05, 3.63) is 59.7 Å². The third kappa shape index (κ3) is 2.43. The van der Waals surface area contributed by atoms with Crippen LogP contribution in [0.5, 0.6) is 0 Å². The van der Waals surface area contributed by atoms with Crippen molar-refractivity contribution in [3.8, 4) is 17.2 Å². The Morgan fingerprint density at radius 1 is 0.889 bits per heavy atom. The summed E-state index contributed by atoms with van der Waals surface area (Å²) >= 11 is 0. The normalized spacial score (nSPS) is 11.0. The van der Waals surface area contributed by atoms with E-state index in [-0.39, 0.29) is 5.41 Å². The van der Waals surface area contributed by atoms with Crippen LogP contribution in [0.15, 0.2) is 48.5 Å². The molecule has 0 heterocycles. The number of hydrogen-bond donors (Lipinski definition) is 0. The number of benzene rings is 2. The first kappa shape index (κ1) is 12.4. The molecule has 0 aliphatic carbocycles. The van der Waals surface area contributed by atoms with Gasteiger partial charge in [-0.05, 0) is 34.2 Å². The Bertz CT molecular complexity index is 583. The van der Waals surface area contributed by atoms with Crippen LogP contribution in [0.1, 0.15) is 31.9 Å². The second-order valence-corrected chi connectivity index (χ2v) is 5.49. The Kier molecular flexibility index (Phi) is 3.21. The first-order valence-electron chi connectivity index (χ1n) is 6.12. The van der Waals surface area contributed by atoms with Crippen LogP contribution in [0.25, 0.3) is 11.1 Å². The molecule has 0 amide bonds. The molecular formula is C17H17N. The molecule has 2 aromatic rings. The molecule has 0 radical (unpaired) electrons. The number of rotatable bonds is 1. The fourth-order valence-corrected chi connectivity index (χ4v) is 2.07. The van der Waals surface area contributed by atoms with Crippen molar-refractivity contribution in [1.82, 2.24) is 0 Å². The lowest BCUT2D eigenvalue weighted by Gasteiger charge is -2.21. The van der Waals surface area contributed by atoms with Crippen molar-refractivity contribution in [2.24, 2.45) is 0 Å². The van der Waals surface area contributed by atoms with Gasteiger partial charge in [-0.15, -0.1) is 0 Å². The summed E-state index contributed by atoms with van der Waals surface area (Å²) in [5.41, 5.74) is 4.20. The fraction of sp³-hybridized carbons (Fsp3) is 0.235. The summed E-state index contributed by atoms with van der Waals surface area (Å²) in [6.07, 6.45) is 0. The Balaban J connectivity index is 2.58. The third-order valence-electron chi connectivity index (χ3n) is 3.06. The quantitative estimate of drug-likeness (QED) is 0.712. The van der Waals surface area contributed by atoms with Gasteiger partial charge in [-0.25, -0.2) is 0 Å². The fourth-order valence-electron chi connectivity index (χ4n) is 2.07. The van der Waals surface area contributed by atoms with Crippen LogP contribution in [0.2, 0.25) is 0 Å².